The first-order valence-electron chi connectivity index (χ1n) is 5.48. The smallest absolute Gasteiger partial charge is 0.163 e. The van der Waals surface area contributed by atoms with Gasteiger partial charge in [-0.1, -0.05) is 0 Å². The van der Waals surface area contributed by atoms with Crippen molar-refractivity contribution in [1.29, 1.82) is 0 Å². The topological polar surface area (TPSA) is 44.5 Å². The molecule has 0 spiro atoms. The lowest BCUT2D eigenvalue weighted by molar-refractivity contribution is 0.351. The Hall–Kier alpha value is -1.11. The van der Waals surface area contributed by atoms with Gasteiger partial charge in [0, 0.05) is 21.0 Å². The molecule has 0 radical (unpaired) electrons. The van der Waals surface area contributed by atoms with Gasteiger partial charge in [-0.25, -0.2) is 4.39 Å². The maximum absolute atomic E-state index is 14.1. The van der Waals surface area contributed by atoms with E-state index in [-0.39, 0.29) is 0 Å². The summed E-state index contributed by atoms with van der Waals surface area (Å²) in [5.41, 5.74) is 6.50. The summed E-state index contributed by atoms with van der Waals surface area (Å²) < 4.78 is 25.2. The molecule has 102 valence electrons. The maximum Gasteiger partial charge on any atom is 0.163 e. The van der Waals surface area contributed by atoms with E-state index in [2.05, 4.69) is 15.9 Å². The monoisotopic (exact) mass is 345 g/mol. The standard InChI is InChI=1S/C13H13BrFNO2S/c1-17-10-5-7(9(15)6-11(10)18-2)12(16)13-8(14)3-4-19-13/h3-6,12H,16H2,1-2H3. The minimum absolute atomic E-state index is 0.348. The van der Waals surface area contributed by atoms with Crippen molar-refractivity contribution >= 4 is 27.3 Å². The summed E-state index contributed by atoms with van der Waals surface area (Å²) in [4.78, 5) is 0.867. The third-order valence-corrected chi connectivity index (χ3v) is 4.72. The Labute approximate surface area is 123 Å². The van der Waals surface area contributed by atoms with Crippen LogP contribution in [0.15, 0.2) is 28.1 Å². The summed E-state index contributed by atoms with van der Waals surface area (Å²) in [6.07, 6.45) is 0. The SMILES string of the molecule is COc1cc(F)c(C(N)c2sccc2Br)cc1OC. The minimum atomic E-state index is -0.547. The van der Waals surface area contributed by atoms with Crippen LogP contribution in [0.3, 0.4) is 0 Å². The van der Waals surface area contributed by atoms with E-state index in [1.54, 1.807) is 6.07 Å². The summed E-state index contributed by atoms with van der Waals surface area (Å²) in [7, 11) is 2.97. The molecule has 3 nitrogen and oxygen atoms in total. The number of thiophene rings is 1. The van der Waals surface area contributed by atoms with Gasteiger partial charge >= 0.3 is 0 Å². The van der Waals surface area contributed by atoms with Gasteiger partial charge in [0.2, 0.25) is 0 Å². The number of ether oxygens (including phenoxy) is 2. The predicted molar refractivity (Wildman–Crippen MR) is 77.6 cm³/mol. The zero-order valence-corrected chi connectivity index (χ0v) is 12.8. The molecule has 1 heterocycles. The minimum Gasteiger partial charge on any atom is -0.493 e. The van der Waals surface area contributed by atoms with Crippen molar-refractivity contribution in [1.82, 2.24) is 0 Å². The van der Waals surface area contributed by atoms with Crippen LogP contribution >= 0.6 is 27.3 Å². The zero-order valence-electron chi connectivity index (χ0n) is 10.4. The van der Waals surface area contributed by atoms with Crippen molar-refractivity contribution in [3.63, 3.8) is 0 Å². The number of methoxy groups -OCH3 is 2. The van der Waals surface area contributed by atoms with Gasteiger partial charge < -0.3 is 15.2 Å². The van der Waals surface area contributed by atoms with Crippen LogP contribution in [-0.2, 0) is 0 Å². The Morgan fingerprint density at radius 3 is 2.42 bits per heavy atom. The van der Waals surface area contributed by atoms with E-state index >= 15 is 0 Å². The van der Waals surface area contributed by atoms with E-state index in [0.29, 0.717) is 17.1 Å². The van der Waals surface area contributed by atoms with Gasteiger partial charge in [0.25, 0.3) is 0 Å². The highest BCUT2D eigenvalue weighted by molar-refractivity contribution is 9.10. The fraction of sp³-hybridized carbons (Fsp3) is 0.231. The molecule has 2 N–H and O–H groups in total. The van der Waals surface area contributed by atoms with E-state index in [4.69, 9.17) is 15.2 Å². The maximum atomic E-state index is 14.1. The molecule has 1 aromatic carbocycles. The highest BCUT2D eigenvalue weighted by atomic mass is 79.9. The molecule has 0 aliphatic carbocycles. The molecule has 0 saturated heterocycles. The van der Waals surface area contributed by atoms with E-state index in [9.17, 15) is 4.39 Å². The first-order chi connectivity index (χ1) is 9.08. The van der Waals surface area contributed by atoms with E-state index in [1.165, 1.54) is 31.6 Å². The lowest BCUT2D eigenvalue weighted by Gasteiger charge is -2.15. The highest BCUT2D eigenvalue weighted by Crippen LogP contribution is 2.37. The average molecular weight is 346 g/mol. The van der Waals surface area contributed by atoms with E-state index < -0.39 is 11.9 Å². The molecular weight excluding hydrogens is 333 g/mol. The molecule has 0 bridgehead atoms. The second-order valence-corrected chi connectivity index (χ2v) is 5.64. The van der Waals surface area contributed by atoms with E-state index in [1.807, 2.05) is 11.4 Å². The highest BCUT2D eigenvalue weighted by Gasteiger charge is 2.20. The average Bonchev–Trinajstić information content (AvgIpc) is 2.83. The molecule has 1 unspecified atom stereocenters. The molecule has 1 atom stereocenters. The van der Waals surface area contributed by atoms with Gasteiger partial charge in [0.15, 0.2) is 11.5 Å². The molecule has 1 aromatic heterocycles. The first kappa shape index (κ1) is 14.3. The fourth-order valence-electron chi connectivity index (χ4n) is 1.78. The summed E-state index contributed by atoms with van der Waals surface area (Å²) in [6, 6.07) is 4.20. The van der Waals surface area contributed by atoms with Crippen molar-refractivity contribution < 1.29 is 13.9 Å². The number of benzene rings is 1. The number of hydrogen-bond acceptors (Lipinski definition) is 4. The summed E-state index contributed by atoms with van der Waals surface area (Å²) in [5.74, 6) is 0.397. The van der Waals surface area contributed by atoms with Crippen molar-refractivity contribution in [2.24, 2.45) is 5.73 Å². The first-order valence-corrected chi connectivity index (χ1v) is 7.15. The molecule has 0 fully saturated rings. The van der Waals surface area contributed by atoms with E-state index in [0.717, 1.165) is 9.35 Å². The normalized spacial score (nSPS) is 12.3. The lowest BCUT2D eigenvalue weighted by atomic mass is 10.0. The van der Waals surface area contributed by atoms with Crippen molar-refractivity contribution in [3.05, 3.63) is 44.3 Å². The molecule has 6 heteroatoms. The Morgan fingerprint density at radius 2 is 1.89 bits per heavy atom. The Balaban J connectivity index is 2.48. The van der Waals surface area contributed by atoms with Crippen LogP contribution < -0.4 is 15.2 Å². The van der Waals surface area contributed by atoms with Crippen LogP contribution in [0.2, 0.25) is 0 Å². The van der Waals surface area contributed by atoms with Crippen LogP contribution in [0, 0.1) is 5.82 Å². The Bertz CT molecular complexity index is 588. The molecular formula is C13H13BrFNO2S. The van der Waals surface area contributed by atoms with Gasteiger partial charge in [-0.3, -0.25) is 0 Å². The summed E-state index contributed by atoms with van der Waals surface area (Å²) >= 11 is 4.88. The van der Waals surface area contributed by atoms with Crippen molar-refractivity contribution in [2.75, 3.05) is 14.2 Å². The molecule has 19 heavy (non-hydrogen) atoms. The molecule has 0 amide bonds. The van der Waals surface area contributed by atoms with Crippen molar-refractivity contribution in [2.45, 2.75) is 6.04 Å². The van der Waals surface area contributed by atoms with Crippen molar-refractivity contribution in [3.8, 4) is 11.5 Å². The van der Waals surface area contributed by atoms with Crippen LogP contribution in [0.25, 0.3) is 0 Å². The van der Waals surface area contributed by atoms with Gasteiger partial charge in [-0.05, 0) is 33.4 Å². The van der Waals surface area contributed by atoms with Crippen LogP contribution in [0.4, 0.5) is 4.39 Å². The molecule has 0 aliphatic rings. The number of rotatable bonds is 4. The van der Waals surface area contributed by atoms with Crippen LogP contribution in [0.1, 0.15) is 16.5 Å². The van der Waals surface area contributed by atoms with Gasteiger partial charge in [-0.2, -0.15) is 0 Å². The second-order valence-electron chi connectivity index (χ2n) is 3.84. The molecule has 2 aromatic rings. The van der Waals surface area contributed by atoms with Crippen LogP contribution in [0.5, 0.6) is 11.5 Å². The Morgan fingerprint density at radius 1 is 1.26 bits per heavy atom. The van der Waals surface area contributed by atoms with Crippen LogP contribution in [-0.4, -0.2) is 14.2 Å². The summed E-state index contributed by atoms with van der Waals surface area (Å²) in [6.45, 7) is 0. The fourth-order valence-corrected chi connectivity index (χ4v) is 3.42. The second kappa shape index (κ2) is 5.90. The number of hydrogen-bond donors (Lipinski definition) is 1. The molecule has 0 saturated carbocycles. The molecule has 0 aliphatic heterocycles. The third-order valence-electron chi connectivity index (χ3n) is 2.77. The van der Waals surface area contributed by atoms with Gasteiger partial charge in [0.1, 0.15) is 5.82 Å². The third kappa shape index (κ3) is 2.75. The predicted octanol–water partition coefficient (Wildman–Crippen LogP) is 3.72. The number of halogens is 2. The quantitative estimate of drug-likeness (QED) is 0.918. The number of nitrogens with two attached hydrogens (primary N) is 1. The lowest BCUT2D eigenvalue weighted by Crippen LogP contribution is -2.13. The van der Waals surface area contributed by atoms with Gasteiger partial charge in [-0.15, -0.1) is 11.3 Å². The molecule has 2 rings (SSSR count). The Kier molecular flexibility index (Phi) is 4.44. The van der Waals surface area contributed by atoms with Gasteiger partial charge in [0.05, 0.1) is 20.3 Å². The largest absolute Gasteiger partial charge is 0.493 e. The summed E-state index contributed by atoms with van der Waals surface area (Å²) in [5, 5.41) is 1.90. The zero-order chi connectivity index (χ0) is 14.0.